The molecule has 31 heavy (non-hydrogen) atoms. The largest absolute Gasteiger partial charge is 0.507 e. The van der Waals surface area contributed by atoms with Crippen LogP contribution in [-0.2, 0) is 4.79 Å². The Balaban J connectivity index is 1.67. The van der Waals surface area contributed by atoms with Crippen LogP contribution in [0.25, 0.3) is 17.1 Å². The number of amides is 1. The van der Waals surface area contributed by atoms with Gasteiger partial charge in [-0.05, 0) is 44.5 Å². The van der Waals surface area contributed by atoms with E-state index in [0.717, 1.165) is 22.5 Å². The van der Waals surface area contributed by atoms with Crippen molar-refractivity contribution in [1.29, 1.82) is 0 Å². The fraction of sp³-hybridized carbons (Fsp3) is 0.182. The molecule has 7 nitrogen and oxygen atoms in total. The Morgan fingerprint density at radius 2 is 1.97 bits per heavy atom. The molecule has 0 atom stereocenters. The lowest BCUT2D eigenvalue weighted by molar-refractivity contribution is -0.113. The van der Waals surface area contributed by atoms with E-state index in [4.69, 9.17) is 0 Å². The number of nitrogens with one attached hydrogen (secondary N) is 1. The summed E-state index contributed by atoms with van der Waals surface area (Å²) in [6.45, 7) is 5.93. The van der Waals surface area contributed by atoms with E-state index in [1.165, 1.54) is 23.1 Å². The van der Waals surface area contributed by atoms with Gasteiger partial charge in [0.1, 0.15) is 5.75 Å². The molecular weight excluding hydrogens is 430 g/mol. The number of hydrogen-bond donors (Lipinski definition) is 2. The quantitative estimate of drug-likeness (QED) is 0.411. The summed E-state index contributed by atoms with van der Waals surface area (Å²) in [5, 5.41) is 24.9. The number of thiazole rings is 1. The Hall–Kier alpha value is -3.17. The van der Waals surface area contributed by atoms with Gasteiger partial charge >= 0.3 is 0 Å². The molecule has 1 amide bonds. The molecule has 0 aliphatic heterocycles. The highest BCUT2D eigenvalue weighted by Gasteiger charge is 2.20. The van der Waals surface area contributed by atoms with Gasteiger partial charge < -0.3 is 10.4 Å². The van der Waals surface area contributed by atoms with Crippen molar-refractivity contribution in [2.45, 2.75) is 25.9 Å². The van der Waals surface area contributed by atoms with Crippen LogP contribution < -0.4 is 5.32 Å². The van der Waals surface area contributed by atoms with Gasteiger partial charge in [-0.25, -0.2) is 4.98 Å². The van der Waals surface area contributed by atoms with Crippen LogP contribution in [0, 0.1) is 20.8 Å². The van der Waals surface area contributed by atoms with Crippen molar-refractivity contribution < 1.29 is 9.90 Å². The molecule has 0 bridgehead atoms. The molecule has 2 N–H and O–H groups in total. The summed E-state index contributed by atoms with van der Waals surface area (Å²) in [5.74, 6) is 0.624. The van der Waals surface area contributed by atoms with Crippen LogP contribution in [0.4, 0.5) is 5.13 Å². The van der Waals surface area contributed by atoms with Gasteiger partial charge in [0.25, 0.3) is 0 Å². The highest BCUT2D eigenvalue weighted by molar-refractivity contribution is 7.99. The fourth-order valence-electron chi connectivity index (χ4n) is 3.17. The molecule has 0 radical (unpaired) electrons. The first-order valence-corrected chi connectivity index (χ1v) is 11.4. The monoisotopic (exact) mass is 451 g/mol. The molecule has 0 saturated heterocycles. The molecule has 0 aliphatic carbocycles. The van der Waals surface area contributed by atoms with Crippen LogP contribution in [0.1, 0.15) is 16.8 Å². The molecule has 0 fully saturated rings. The second kappa shape index (κ2) is 8.91. The standard InChI is InChI=1S/C22H21N5O2S2/c1-13-8-9-17(14(2)10-13)27-20(16-6-4-5-7-18(16)28)25-26-22(27)31-12-19(29)24-21-23-15(3)11-30-21/h4-11,28H,12H2,1-3H3,(H,23,24,29). The van der Waals surface area contributed by atoms with Gasteiger partial charge in [-0.3, -0.25) is 9.36 Å². The second-order valence-electron chi connectivity index (χ2n) is 7.08. The minimum absolute atomic E-state index is 0.120. The summed E-state index contributed by atoms with van der Waals surface area (Å²) < 4.78 is 1.88. The van der Waals surface area contributed by atoms with E-state index in [0.29, 0.717) is 21.7 Å². The third kappa shape index (κ3) is 4.62. The molecule has 0 saturated carbocycles. The van der Waals surface area contributed by atoms with E-state index in [1.807, 2.05) is 48.9 Å². The number of hydrogen-bond acceptors (Lipinski definition) is 7. The van der Waals surface area contributed by atoms with Crippen LogP contribution in [0.15, 0.2) is 53.0 Å². The Morgan fingerprint density at radius 1 is 1.16 bits per heavy atom. The topological polar surface area (TPSA) is 92.9 Å². The van der Waals surface area contributed by atoms with Gasteiger partial charge in [-0.15, -0.1) is 21.5 Å². The normalized spacial score (nSPS) is 10.9. The Kier molecular flexibility index (Phi) is 6.06. The maximum atomic E-state index is 12.4. The molecule has 0 spiro atoms. The molecule has 0 aliphatic rings. The van der Waals surface area contributed by atoms with E-state index in [9.17, 15) is 9.90 Å². The number of phenols is 1. The van der Waals surface area contributed by atoms with E-state index >= 15 is 0 Å². The fourth-order valence-corrected chi connectivity index (χ4v) is 4.62. The Bertz CT molecular complexity index is 1250. The smallest absolute Gasteiger partial charge is 0.236 e. The van der Waals surface area contributed by atoms with Crippen molar-refractivity contribution in [2.75, 3.05) is 11.1 Å². The third-order valence-electron chi connectivity index (χ3n) is 4.57. The summed E-state index contributed by atoms with van der Waals surface area (Å²) in [6, 6.07) is 13.1. The number of aromatic nitrogens is 4. The number of benzene rings is 2. The minimum atomic E-state index is -0.168. The third-order valence-corrected chi connectivity index (χ3v) is 6.37. The zero-order valence-electron chi connectivity index (χ0n) is 17.3. The predicted octanol–water partition coefficient (Wildman–Crippen LogP) is 4.75. The van der Waals surface area contributed by atoms with E-state index in [1.54, 1.807) is 18.2 Å². The number of carbonyl (C=O) groups is 1. The average Bonchev–Trinajstić information content (AvgIpc) is 3.33. The number of para-hydroxylation sites is 1. The van der Waals surface area contributed by atoms with Gasteiger partial charge in [0.05, 0.1) is 22.7 Å². The van der Waals surface area contributed by atoms with Crippen molar-refractivity contribution in [1.82, 2.24) is 19.7 Å². The zero-order valence-corrected chi connectivity index (χ0v) is 18.9. The lowest BCUT2D eigenvalue weighted by atomic mass is 10.1. The van der Waals surface area contributed by atoms with Crippen molar-refractivity contribution in [2.24, 2.45) is 0 Å². The van der Waals surface area contributed by atoms with Crippen LogP contribution in [0.3, 0.4) is 0 Å². The maximum Gasteiger partial charge on any atom is 0.236 e. The molecule has 4 aromatic rings. The number of thioether (sulfide) groups is 1. The average molecular weight is 452 g/mol. The van der Waals surface area contributed by atoms with Gasteiger partial charge in [0.15, 0.2) is 16.1 Å². The zero-order chi connectivity index (χ0) is 22.0. The Labute approximate surface area is 188 Å². The van der Waals surface area contributed by atoms with Crippen LogP contribution in [0.5, 0.6) is 5.75 Å². The van der Waals surface area contributed by atoms with Gasteiger partial charge in [0.2, 0.25) is 5.91 Å². The molecule has 158 valence electrons. The number of rotatable bonds is 6. The summed E-state index contributed by atoms with van der Waals surface area (Å²) in [7, 11) is 0. The Morgan fingerprint density at radius 3 is 2.68 bits per heavy atom. The molecule has 2 heterocycles. The summed E-state index contributed by atoms with van der Waals surface area (Å²) >= 11 is 2.68. The summed E-state index contributed by atoms with van der Waals surface area (Å²) in [6.07, 6.45) is 0. The second-order valence-corrected chi connectivity index (χ2v) is 8.88. The number of phenolic OH excluding ortho intramolecular Hbond substituents is 1. The van der Waals surface area contributed by atoms with E-state index < -0.39 is 0 Å². The van der Waals surface area contributed by atoms with Crippen molar-refractivity contribution >= 4 is 34.1 Å². The number of carbonyl (C=O) groups excluding carboxylic acids is 1. The van der Waals surface area contributed by atoms with Gasteiger partial charge in [-0.1, -0.05) is 41.6 Å². The van der Waals surface area contributed by atoms with Crippen LogP contribution >= 0.6 is 23.1 Å². The van der Waals surface area contributed by atoms with Gasteiger partial charge in [-0.2, -0.15) is 0 Å². The first-order valence-electron chi connectivity index (χ1n) is 9.58. The summed E-state index contributed by atoms with van der Waals surface area (Å²) in [5.41, 5.74) is 4.53. The number of nitrogens with zero attached hydrogens (tertiary/aromatic N) is 4. The molecule has 2 aromatic carbocycles. The lowest BCUT2D eigenvalue weighted by Crippen LogP contribution is -2.14. The number of anilines is 1. The van der Waals surface area contributed by atoms with Gasteiger partial charge in [0, 0.05) is 5.38 Å². The van der Waals surface area contributed by atoms with Crippen molar-refractivity contribution in [3.05, 3.63) is 64.7 Å². The molecule has 9 heteroatoms. The first-order chi connectivity index (χ1) is 14.9. The first kappa shape index (κ1) is 21.1. The van der Waals surface area contributed by atoms with E-state index in [2.05, 4.69) is 26.6 Å². The predicted molar refractivity (Wildman–Crippen MR) is 124 cm³/mol. The highest BCUT2D eigenvalue weighted by Crippen LogP contribution is 2.33. The molecule has 4 rings (SSSR count). The highest BCUT2D eigenvalue weighted by atomic mass is 32.2. The minimum Gasteiger partial charge on any atom is -0.507 e. The van der Waals surface area contributed by atoms with E-state index in [-0.39, 0.29) is 17.4 Å². The van der Waals surface area contributed by atoms with Crippen molar-refractivity contribution in [3.8, 4) is 22.8 Å². The number of aryl methyl sites for hydroxylation is 3. The lowest BCUT2D eigenvalue weighted by Gasteiger charge is -2.14. The van der Waals surface area contributed by atoms with Crippen LogP contribution in [-0.4, -0.2) is 36.5 Å². The SMILES string of the molecule is Cc1ccc(-n2c(SCC(=O)Nc3nc(C)cs3)nnc2-c2ccccc2O)c(C)c1. The maximum absolute atomic E-state index is 12.4. The van der Waals surface area contributed by atoms with Crippen LogP contribution in [0.2, 0.25) is 0 Å². The molecular formula is C22H21N5O2S2. The molecule has 0 unspecified atom stereocenters. The molecule has 2 aromatic heterocycles. The number of aromatic hydroxyl groups is 1. The van der Waals surface area contributed by atoms with Crippen molar-refractivity contribution in [3.63, 3.8) is 0 Å². The summed E-state index contributed by atoms with van der Waals surface area (Å²) in [4.78, 5) is 16.7.